The normalized spacial score (nSPS) is 24.0. The van der Waals surface area contributed by atoms with E-state index in [2.05, 4.69) is 5.32 Å². The second kappa shape index (κ2) is 8.08. The zero-order valence-electron chi connectivity index (χ0n) is 13.9. The summed E-state index contributed by atoms with van der Waals surface area (Å²) in [5.74, 6) is -0.539. The maximum absolute atomic E-state index is 12.3. The van der Waals surface area contributed by atoms with Crippen LogP contribution in [-0.4, -0.2) is 50.3 Å². The van der Waals surface area contributed by atoms with Crippen LogP contribution in [0.2, 0.25) is 0 Å². The van der Waals surface area contributed by atoms with Crippen molar-refractivity contribution in [3.05, 3.63) is 29.8 Å². The summed E-state index contributed by atoms with van der Waals surface area (Å²) in [6.07, 6.45) is 0.293. The molecule has 0 aliphatic carbocycles. The fourth-order valence-electron chi connectivity index (χ4n) is 2.93. The summed E-state index contributed by atoms with van der Waals surface area (Å²) in [4.78, 5) is 25.4. The summed E-state index contributed by atoms with van der Waals surface area (Å²) in [5, 5.41) is 2.83. The van der Waals surface area contributed by atoms with Crippen molar-refractivity contribution < 1.29 is 24.0 Å². The van der Waals surface area contributed by atoms with Gasteiger partial charge in [-0.1, -0.05) is 12.1 Å². The van der Waals surface area contributed by atoms with Gasteiger partial charge in [-0.05, 0) is 32.9 Å². The number of anilines is 1. The highest BCUT2D eigenvalue weighted by atomic mass is 16.5. The number of hydrogen-bond acceptors (Lipinski definition) is 4. The summed E-state index contributed by atoms with van der Waals surface area (Å²) in [5.41, 5.74) is 0.867. The van der Waals surface area contributed by atoms with Gasteiger partial charge < -0.3 is 19.7 Å². The predicted molar refractivity (Wildman–Crippen MR) is 86.6 cm³/mol. The number of benzene rings is 1. The van der Waals surface area contributed by atoms with Crippen molar-refractivity contribution in [3.63, 3.8) is 0 Å². The van der Waals surface area contributed by atoms with Crippen LogP contribution in [0.3, 0.4) is 0 Å². The van der Waals surface area contributed by atoms with Gasteiger partial charge in [0, 0.05) is 0 Å². The van der Waals surface area contributed by atoms with Gasteiger partial charge in [0.05, 0.1) is 17.9 Å². The van der Waals surface area contributed by atoms with E-state index in [0.29, 0.717) is 24.4 Å². The fourth-order valence-corrected chi connectivity index (χ4v) is 2.93. The van der Waals surface area contributed by atoms with Crippen LogP contribution in [0.4, 0.5) is 5.69 Å². The highest BCUT2D eigenvalue weighted by Gasteiger charge is 2.27. The van der Waals surface area contributed by atoms with Crippen LogP contribution >= 0.6 is 0 Å². The maximum atomic E-state index is 12.3. The minimum Gasteiger partial charge on any atom is -0.462 e. The molecule has 1 aliphatic rings. The van der Waals surface area contributed by atoms with Crippen LogP contribution in [0.25, 0.3) is 0 Å². The van der Waals surface area contributed by atoms with Crippen LogP contribution in [0.1, 0.15) is 31.1 Å². The zero-order chi connectivity index (χ0) is 16.8. The molecule has 0 radical (unpaired) electrons. The Balaban J connectivity index is 1.99. The number of nitrogens with one attached hydrogen (secondary N) is 2. The minimum absolute atomic E-state index is 0.113. The number of ether oxygens (including phenoxy) is 2. The Labute approximate surface area is 136 Å². The molecule has 2 atom stereocenters. The average Bonchev–Trinajstić information content (AvgIpc) is 2.46. The Kier molecular flexibility index (Phi) is 6.12. The molecule has 1 heterocycles. The highest BCUT2D eigenvalue weighted by Crippen LogP contribution is 2.16. The van der Waals surface area contributed by atoms with E-state index < -0.39 is 5.97 Å². The topological polar surface area (TPSA) is 69.1 Å². The smallest absolute Gasteiger partial charge is 0.340 e. The number of carbonyl (C=O) groups is 2. The molecule has 1 amide bonds. The third-order valence-electron chi connectivity index (χ3n) is 3.72. The molecule has 2 rings (SSSR count). The Morgan fingerprint density at radius 2 is 1.91 bits per heavy atom. The van der Waals surface area contributed by atoms with E-state index in [0.717, 1.165) is 13.1 Å². The minimum atomic E-state index is -0.427. The van der Waals surface area contributed by atoms with Crippen molar-refractivity contribution in [3.8, 4) is 0 Å². The van der Waals surface area contributed by atoms with Gasteiger partial charge in [0.25, 0.3) is 5.91 Å². The third-order valence-corrected chi connectivity index (χ3v) is 3.72. The van der Waals surface area contributed by atoms with Crippen molar-refractivity contribution in [2.75, 3.05) is 31.6 Å². The molecule has 0 saturated carbocycles. The maximum Gasteiger partial charge on any atom is 0.340 e. The van der Waals surface area contributed by atoms with E-state index in [1.165, 1.54) is 4.90 Å². The number of esters is 1. The fraction of sp³-hybridized carbons (Fsp3) is 0.529. The first-order chi connectivity index (χ1) is 11.0. The van der Waals surface area contributed by atoms with Crippen LogP contribution < -0.4 is 10.2 Å². The van der Waals surface area contributed by atoms with E-state index in [1.807, 2.05) is 13.8 Å². The van der Waals surface area contributed by atoms with Gasteiger partial charge >= 0.3 is 5.97 Å². The van der Waals surface area contributed by atoms with Crippen molar-refractivity contribution >= 4 is 17.6 Å². The molecule has 1 aromatic rings. The molecule has 0 spiro atoms. The van der Waals surface area contributed by atoms with Gasteiger partial charge in [-0.15, -0.1) is 0 Å². The molecule has 6 heteroatoms. The Hall–Kier alpha value is -1.92. The second-order valence-electron chi connectivity index (χ2n) is 5.91. The molecule has 126 valence electrons. The number of quaternary nitrogens is 1. The van der Waals surface area contributed by atoms with Crippen molar-refractivity contribution in [2.45, 2.75) is 33.0 Å². The molecule has 6 nitrogen and oxygen atoms in total. The van der Waals surface area contributed by atoms with Gasteiger partial charge in [-0.3, -0.25) is 4.79 Å². The molecule has 1 saturated heterocycles. The first-order valence-corrected chi connectivity index (χ1v) is 8.04. The van der Waals surface area contributed by atoms with Crippen LogP contribution in [0.15, 0.2) is 24.3 Å². The summed E-state index contributed by atoms with van der Waals surface area (Å²) < 4.78 is 10.7. The molecule has 0 aromatic heterocycles. The molecule has 1 aromatic carbocycles. The lowest BCUT2D eigenvalue weighted by Crippen LogP contribution is -3.16. The Morgan fingerprint density at radius 3 is 2.57 bits per heavy atom. The van der Waals surface area contributed by atoms with E-state index in [-0.39, 0.29) is 18.1 Å². The summed E-state index contributed by atoms with van der Waals surface area (Å²) in [7, 11) is 0. The van der Waals surface area contributed by atoms with E-state index in [9.17, 15) is 9.59 Å². The lowest BCUT2D eigenvalue weighted by molar-refractivity contribution is -0.907. The molecule has 1 aliphatic heterocycles. The molecule has 2 N–H and O–H groups in total. The van der Waals surface area contributed by atoms with Crippen molar-refractivity contribution in [1.29, 1.82) is 0 Å². The zero-order valence-corrected chi connectivity index (χ0v) is 13.9. The first-order valence-electron chi connectivity index (χ1n) is 8.04. The van der Waals surface area contributed by atoms with Gasteiger partial charge in [-0.25, -0.2) is 4.79 Å². The summed E-state index contributed by atoms with van der Waals surface area (Å²) in [6, 6.07) is 6.89. The number of hydrogen-bond donors (Lipinski definition) is 2. The molecule has 1 fully saturated rings. The standard InChI is InChI=1S/C17H24N2O4/c1-4-22-17(21)14-7-5-6-8-15(14)18-16(20)11-19-9-12(2)23-13(3)10-19/h5-8,12-13H,4,9-11H2,1-3H3,(H,18,20)/p+1/t12-,13-/m0/s1. The largest absolute Gasteiger partial charge is 0.462 e. The summed E-state index contributed by atoms with van der Waals surface area (Å²) >= 11 is 0. The van der Waals surface area contributed by atoms with E-state index >= 15 is 0 Å². The Bertz CT molecular complexity index is 551. The third kappa shape index (κ3) is 5.04. The second-order valence-corrected chi connectivity index (χ2v) is 5.91. The predicted octanol–water partition coefficient (Wildman–Crippen LogP) is 0.494. The van der Waals surface area contributed by atoms with Gasteiger partial charge in [-0.2, -0.15) is 0 Å². The quantitative estimate of drug-likeness (QED) is 0.775. The lowest BCUT2D eigenvalue weighted by atomic mass is 10.1. The molecular weight excluding hydrogens is 296 g/mol. The van der Waals surface area contributed by atoms with Gasteiger partial charge in [0.1, 0.15) is 25.3 Å². The number of rotatable bonds is 5. The first kappa shape index (κ1) is 17.4. The lowest BCUT2D eigenvalue weighted by Gasteiger charge is -2.31. The van der Waals surface area contributed by atoms with Crippen molar-refractivity contribution in [2.24, 2.45) is 0 Å². The molecule has 23 heavy (non-hydrogen) atoms. The van der Waals surface area contributed by atoms with Crippen LogP contribution in [0, 0.1) is 0 Å². The highest BCUT2D eigenvalue weighted by molar-refractivity contribution is 6.01. The van der Waals surface area contributed by atoms with E-state index in [1.54, 1.807) is 31.2 Å². The van der Waals surface area contributed by atoms with Crippen LogP contribution in [0.5, 0.6) is 0 Å². The molecule has 0 bridgehead atoms. The molecular formula is C17H25N2O4+. The SMILES string of the molecule is CCOC(=O)c1ccccc1NC(=O)C[NH+]1C[C@H](C)O[C@@H](C)C1. The monoisotopic (exact) mass is 321 g/mol. The van der Waals surface area contributed by atoms with Crippen molar-refractivity contribution in [1.82, 2.24) is 0 Å². The summed E-state index contributed by atoms with van der Waals surface area (Å²) in [6.45, 7) is 8.05. The van der Waals surface area contributed by atoms with Gasteiger partial charge in [0.2, 0.25) is 0 Å². The number of amides is 1. The van der Waals surface area contributed by atoms with Gasteiger partial charge in [0.15, 0.2) is 6.54 Å². The molecule has 0 unspecified atom stereocenters. The van der Waals surface area contributed by atoms with Crippen LogP contribution in [-0.2, 0) is 14.3 Å². The number of morpholine rings is 1. The Morgan fingerprint density at radius 1 is 1.26 bits per heavy atom. The number of para-hydroxylation sites is 1. The average molecular weight is 321 g/mol. The number of carbonyl (C=O) groups excluding carboxylic acids is 2. The van der Waals surface area contributed by atoms with E-state index in [4.69, 9.17) is 9.47 Å².